The molecule has 0 unspecified atom stereocenters. The van der Waals surface area contributed by atoms with Gasteiger partial charge in [-0.25, -0.2) is 0 Å². The monoisotopic (exact) mass is 331 g/mol. The number of amides is 1. The first-order valence-electron chi connectivity index (χ1n) is 5.20. The molecule has 0 aliphatic carbocycles. The fourth-order valence-electron chi connectivity index (χ4n) is 1.15. The number of aromatic nitrogens is 2. The molecule has 0 aliphatic heterocycles. The molecule has 1 amide bonds. The third-order valence-electron chi connectivity index (χ3n) is 1.98. The summed E-state index contributed by atoms with van der Waals surface area (Å²) in [5.74, 6) is -0.703. The van der Waals surface area contributed by atoms with Crippen molar-refractivity contribution in [2.24, 2.45) is 0 Å². The average molecular weight is 331 g/mol. The summed E-state index contributed by atoms with van der Waals surface area (Å²) in [4.78, 5) is 22.8. The number of aliphatic carboxylic acids is 1. The van der Waals surface area contributed by atoms with Gasteiger partial charge in [-0.3, -0.25) is 14.9 Å². The number of carboxylic acid groups (broad SMARTS) is 1. The third kappa shape index (κ3) is 3.92. The molecule has 0 aromatic carbocycles. The van der Waals surface area contributed by atoms with E-state index in [1.54, 1.807) is 11.4 Å². The van der Waals surface area contributed by atoms with Gasteiger partial charge in [-0.1, -0.05) is 23.1 Å². The molecule has 2 heterocycles. The van der Waals surface area contributed by atoms with Crippen LogP contribution in [0.5, 0.6) is 5.75 Å². The maximum atomic E-state index is 11.9. The van der Waals surface area contributed by atoms with Crippen molar-refractivity contribution >= 4 is 51.4 Å². The second-order valence-corrected chi connectivity index (χ2v) is 6.47. The Kier molecular flexibility index (Phi) is 4.93. The van der Waals surface area contributed by atoms with Gasteiger partial charge < -0.3 is 9.84 Å². The van der Waals surface area contributed by atoms with Crippen LogP contribution in [0.4, 0.5) is 5.13 Å². The smallest absolute Gasteiger partial charge is 0.313 e. The number of nitrogens with zero attached hydrogens (tertiary/aromatic N) is 2. The van der Waals surface area contributed by atoms with Gasteiger partial charge in [0, 0.05) is 11.4 Å². The van der Waals surface area contributed by atoms with E-state index < -0.39 is 5.97 Å². The van der Waals surface area contributed by atoms with Gasteiger partial charge in [0.1, 0.15) is 5.75 Å². The summed E-state index contributed by atoms with van der Waals surface area (Å²) in [5, 5.41) is 20.8. The minimum atomic E-state index is -0.929. The lowest BCUT2D eigenvalue weighted by molar-refractivity contribution is -0.133. The molecule has 2 N–H and O–H groups in total. The van der Waals surface area contributed by atoms with Crippen molar-refractivity contribution in [3.8, 4) is 5.75 Å². The summed E-state index contributed by atoms with van der Waals surface area (Å²) in [6.45, 7) is 0. The molecule has 2 aromatic rings. The lowest BCUT2D eigenvalue weighted by Gasteiger charge is -1.96. The molecule has 0 atom stereocenters. The number of methoxy groups -OCH3 is 1. The quantitative estimate of drug-likeness (QED) is 0.617. The highest BCUT2D eigenvalue weighted by Gasteiger charge is 2.13. The van der Waals surface area contributed by atoms with Crippen LogP contribution in [-0.4, -0.2) is 40.0 Å². The largest absolute Gasteiger partial charge is 0.496 e. The Hall–Kier alpha value is -1.65. The zero-order valence-electron chi connectivity index (χ0n) is 10.2. The van der Waals surface area contributed by atoms with Crippen LogP contribution in [0.25, 0.3) is 0 Å². The number of anilines is 1. The summed E-state index contributed by atoms with van der Waals surface area (Å²) in [7, 11) is 1.53. The Morgan fingerprint density at radius 2 is 2.30 bits per heavy atom. The Labute approximate surface area is 126 Å². The van der Waals surface area contributed by atoms with Gasteiger partial charge in [-0.05, 0) is 0 Å². The lowest BCUT2D eigenvalue weighted by Crippen LogP contribution is -2.09. The number of hydrogen-bond donors (Lipinski definition) is 2. The number of thiophene rings is 1. The molecule has 0 radical (unpaired) electrons. The fourth-order valence-corrected chi connectivity index (χ4v) is 3.36. The highest BCUT2D eigenvalue weighted by atomic mass is 32.2. The zero-order valence-corrected chi connectivity index (χ0v) is 12.6. The molecule has 2 rings (SSSR count). The Morgan fingerprint density at radius 3 is 2.95 bits per heavy atom. The fraction of sp³-hybridized carbons (Fsp3) is 0.200. The first kappa shape index (κ1) is 14.8. The first-order chi connectivity index (χ1) is 9.58. The molecule has 20 heavy (non-hydrogen) atoms. The number of carboxylic acids is 1. The summed E-state index contributed by atoms with van der Waals surface area (Å²) in [6.07, 6.45) is 0. The van der Waals surface area contributed by atoms with Crippen molar-refractivity contribution in [1.82, 2.24) is 10.2 Å². The Bertz CT molecular complexity index is 625. The van der Waals surface area contributed by atoms with Crippen LogP contribution in [0, 0.1) is 0 Å². The SMILES string of the molecule is COc1csc(C(=O)Nc2nnc(SCC(=O)O)s2)c1. The maximum Gasteiger partial charge on any atom is 0.313 e. The zero-order chi connectivity index (χ0) is 14.5. The first-order valence-corrected chi connectivity index (χ1v) is 7.88. The highest BCUT2D eigenvalue weighted by molar-refractivity contribution is 8.01. The van der Waals surface area contributed by atoms with E-state index in [4.69, 9.17) is 9.84 Å². The van der Waals surface area contributed by atoms with Gasteiger partial charge in [-0.15, -0.1) is 21.5 Å². The number of carbonyl (C=O) groups is 2. The van der Waals surface area contributed by atoms with Gasteiger partial charge in [0.25, 0.3) is 5.91 Å². The van der Waals surface area contributed by atoms with E-state index in [0.29, 0.717) is 20.1 Å². The van der Waals surface area contributed by atoms with E-state index in [1.165, 1.54) is 18.4 Å². The van der Waals surface area contributed by atoms with Crippen LogP contribution in [0.15, 0.2) is 15.8 Å². The van der Waals surface area contributed by atoms with Gasteiger partial charge in [0.05, 0.1) is 17.7 Å². The molecule has 0 saturated heterocycles. The summed E-state index contributed by atoms with van der Waals surface area (Å²) in [5.41, 5.74) is 0. The maximum absolute atomic E-state index is 11.9. The van der Waals surface area contributed by atoms with Gasteiger partial charge >= 0.3 is 5.97 Å². The number of hydrogen-bond acceptors (Lipinski definition) is 8. The van der Waals surface area contributed by atoms with Crippen LogP contribution in [0.1, 0.15) is 9.67 Å². The lowest BCUT2D eigenvalue weighted by atomic mass is 10.4. The number of ether oxygens (including phenoxy) is 1. The summed E-state index contributed by atoms with van der Waals surface area (Å²) >= 11 is 3.44. The molecule has 0 spiro atoms. The van der Waals surface area contributed by atoms with Gasteiger partial charge in [0.15, 0.2) is 4.34 Å². The van der Waals surface area contributed by atoms with Crippen LogP contribution in [-0.2, 0) is 4.79 Å². The van der Waals surface area contributed by atoms with Crippen LogP contribution >= 0.6 is 34.4 Å². The molecule has 0 bridgehead atoms. The highest BCUT2D eigenvalue weighted by Crippen LogP contribution is 2.27. The predicted molar refractivity (Wildman–Crippen MR) is 77.1 cm³/mol. The number of nitrogens with one attached hydrogen (secondary N) is 1. The van der Waals surface area contributed by atoms with Crippen LogP contribution < -0.4 is 10.1 Å². The molecule has 106 valence electrons. The third-order valence-corrected chi connectivity index (χ3v) is 4.85. The second kappa shape index (κ2) is 6.68. The summed E-state index contributed by atoms with van der Waals surface area (Å²) in [6, 6.07) is 1.63. The second-order valence-electron chi connectivity index (χ2n) is 3.36. The molecule has 7 nitrogen and oxygen atoms in total. The van der Waals surface area contributed by atoms with Crippen molar-refractivity contribution in [2.45, 2.75) is 4.34 Å². The molecule has 2 aromatic heterocycles. The van der Waals surface area contributed by atoms with E-state index >= 15 is 0 Å². The normalized spacial score (nSPS) is 10.2. The van der Waals surface area contributed by atoms with E-state index in [-0.39, 0.29) is 11.7 Å². The molecular weight excluding hydrogens is 322 g/mol. The van der Waals surface area contributed by atoms with Crippen LogP contribution in [0.3, 0.4) is 0 Å². The molecular formula is C10H9N3O4S3. The number of thioether (sulfide) groups is 1. The van der Waals surface area contributed by atoms with Crippen molar-refractivity contribution in [3.63, 3.8) is 0 Å². The van der Waals surface area contributed by atoms with Crippen molar-refractivity contribution in [3.05, 3.63) is 16.3 Å². The Morgan fingerprint density at radius 1 is 1.50 bits per heavy atom. The predicted octanol–water partition coefficient (Wildman–Crippen LogP) is 2.04. The molecule has 0 aliphatic rings. The topological polar surface area (TPSA) is 101 Å². The van der Waals surface area contributed by atoms with Crippen molar-refractivity contribution < 1.29 is 19.4 Å². The van der Waals surface area contributed by atoms with Gasteiger partial charge in [0.2, 0.25) is 5.13 Å². The van der Waals surface area contributed by atoms with E-state index in [0.717, 1.165) is 23.1 Å². The molecule has 0 saturated carbocycles. The minimum absolute atomic E-state index is 0.0926. The molecule has 10 heteroatoms. The van der Waals surface area contributed by atoms with Gasteiger partial charge in [-0.2, -0.15) is 0 Å². The van der Waals surface area contributed by atoms with Crippen molar-refractivity contribution in [1.29, 1.82) is 0 Å². The standard InChI is InChI=1S/C10H9N3O4S3/c1-17-5-2-6(18-3-5)8(16)11-9-12-13-10(20-9)19-4-7(14)15/h2-3H,4H2,1H3,(H,14,15)(H,11,12,16). The van der Waals surface area contributed by atoms with E-state index in [1.807, 2.05) is 0 Å². The number of carbonyl (C=O) groups excluding carboxylic acids is 1. The molecule has 0 fully saturated rings. The number of rotatable bonds is 6. The van der Waals surface area contributed by atoms with E-state index in [9.17, 15) is 9.59 Å². The summed E-state index contributed by atoms with van der Waals surface area (Å²) < 4.78 is 5.49. The van der Waals surface area contributed by atoms with Crippen LogP contribution in [0.2, 0.25) is 0 Å². The van der Waals surface area contributed by atoms with E-state index in [2.05, 4.69) is 15.5 Å². The minimum Gasteiger partial charge on any atom is -0.496 e. The average Bonchev–Trinajstić information content (AvgIpc) is 3.05. The van der Waals surface area contributed by atoms with Crippen molar-refractivity contribution in [2.75, 3.05) is 18.2 Å². The Balaban J connectivity index is 1.95.